The lowest BCUT2D eigenvalue weighted by Crippen LogP contribution is -2.31. The van der Waals surface area contributed by atoms with Crippen LogP contribution in [-0.2, 0) is 19.9 Å². The van der Waals surface area contributed by atoms with E-state index >= 15 is 0 Å². The first-order valence-electron chi connectivity index (χ1n) is 7.13. The highest BCUT2D eigenvalue weighted by atomic mass is 79.9. The number of hydrazine groups is 1. The molecule has 0 aliphatic carbocycles. The number of nitrogens with one attached hydrogen (secondary N) is 1. The van der Waals surface area contributed by atoms with Crippen LogP contribution in [0.1, 0.15) is 47.0 Å². The van der Waals surface area contributed by atoms with Gasteiger partial charge >= 0.3 is 0 Å². The lowest BCUT2D eigenvalue weighted by atomic mass is 9.98. The highest BCUT2D eigenvalue weighted by Gasteiger charge is 2.23. The minimum atomic E-state index is -0.00106. The van der Waals surface area contributed by atoms with Crippen LogP contribution in [0.2, 0.25) is 0 Å². The van der Waals surface area contributed by atoms with Gasteiger partial charge in [-0.25, -0.2) is 0 Å². The summed E-state index contributed by atoms with van der Waals surface area (Å²) in [5.74, 6) is 7.67. The molecule has 116 valence electrons. The summed E-state index contributed by atoms with van der Waals surface area (Å²) in [7, 11) is 1.97. The average molecular weight is 355 g/mol. The Kier molecular flexibility index (Phi) is 4.91. The molecule has 0 aliphatic rings. The van der Waals surface area contributed by atoms with Gasteiger partial charge in [0.05, 0.1) is 21.9 Å². The number of furan rings is 1. The molecule has 0 saturated carbocycles. The summed E-state index contributed by atoms with van der Waals surface area (Å²) in [6.45, 7) is 8.13. The highest BCUT2D eigenvalue weighted by molar-refractivity contribution is 9.10. The van der Waals surface area contributed by atoms with Crippen LogP contribution in [0.5, 0.6) is 0 Å². The Labute approximate surface area is 134 Å². The van der Waals surface area contributed by atoms with Gasteiger partial charge in [0.25, 0.3) is 0 Å². The van der Waals surface area contributed by atoms with Crippen molar-refractivity contribution in [3.63, 3.8) is 0 Å². The minimum Gasteiger partial charge on any atom is -0.466 e. The fourth-order valence-corrected chi connectivity index (χ4v) is 3.58. The molecule has 2 aromatic heterocycles. The Bertz CT molecular complexity index is 645. The van der Waals surface area contributed by atoms with Crippen LogP contribution in [0.25, 0.3) is 0 Å². The molecule has 0 bridgehead atoms. The number of halogens is 1. The molecule has 1 unspecified atom stereocenters. The topological polar surface area (TPSA) is 69.0 Å². The Morgan fingerprint density at radius 3 is 2.43 bits per heavy atom. The van der Waals surface area contributed by atoms with Crippen molar-refractivity contribution in [2.24, 2.45) is 12.9 Å². The summed E-state index contributed by atoms with van der Waals surface area (Å²) in [5, 5.41) is 4.54. The predicted molar refractivity (Wildman–Crippen MR) is 87.0 cm³/mol. The molecule has 5 nitrogen and oxygen atoms in total. The summed E-state index contributed by atoms with van der Waals surface area (Å²) < 4.78 is 8.72. The molecular formula is C15H23BrN4O. The monoisotopic (exact) mass is 354 g/mol. The zero-order valence-electron chi connectivity index (χ0n) is 13.2. The number of nitrogens with zero attached hydrogens (tertiary/aromatic N) is 2. The van der Waals surface area contributed by atoms with Crippen molar-refractivity contribution in [2.75, 3.05) is 0 Å². The van der Waals surface area contributed by atoms with Crippen molar-refractivity contribution in [1.82, 2.24) is 15.2 Å². The first-order chi connectivity index (χ1) is 9.90. The van der Waals surface area contributed by atoms with Gasteiger partial charge in [-0.05, 0) is 48.7 Å². The van der Waals surface area contributed by atoms with Gasteiger partial charge in [0.15, 0.2) is 0 Å². The van der Waals surface area contributed by atoms with E-state index in [0.29, 0.717) is 0 Å². The molecule has 2 aromatic rings. The van der Waals surface area contributed by atoms with E-state index in [1.54, 1.807) is 0 Å². The smallest absolute Gasteiger partial charge is 0.106 e. The summed E-state index contributed by atoms with van der Waals surface area (Å²) in [4.78, 5) is 0. The molecule has 21 heavy (non-hydrogen) atoms. The predicted octanol–water partition coefficient (Wildman–Crippen LogP) is 3.01. The molecule has 0 radical (unpaired) electrons. The SMILES string of the molecule is CCc1nn(C)c(CC(NN)c2c(C)oc(C)c2C)c1Br. The summed E-state index contributed by atoms with van der Waals surface area (Å²) in [6, 6.07) is -0.00106. The molecular weight excluding hydrogens is 332 g/mol. The number of hydrogen-bond donors (Lipinski definition) is 2. The van der Waals surface area contributed by atoms with Crippen LogP contribution < -0.4 is 11.3 Å². The van der Waals surface area contributed by atoms with Crippen LogP contribution in [0.15, 0.2) is 8.89 Å². The maximum Gasteiger partial charge on any atom is 0.106 e. The van der Waals surface area contributed by atoms with Gasteiger partial charge < -0.3 is 4.42 Å². The zero-order valence-corrected chi connectivity index (χ0v) is 14.8. The Balaban J connectivity index is 2.38. The van der Waals surface area contributed by atoms with E-state index in [-0.39, 0.29) is 6.04 Å². The molecule has 2 heterocycles. The van der Waals surface area contributed by atoms with Crippen molar-refractivity contribution >= 4 is 15.9 Å². The maximum absolute atomic E-state index is 5.80. The van der Waals surface area contributed by atoms with E-state index in [4.69, 9.17) is 10.3 Å². The quantitative estimate of drug-likeness (QED) is 0.639. The largest absolute Gasteiger partial charge is 0.466 e. The van der Waals surface area contributed by atoms with Gasteiger partial charge in [0.1, 0.15) is 11.5 Å². The fraction of sp³-hybridized carbons (Fsp3) is 0.533. The van der Waals surface area contributed by atoms with E-state index in [1.165, 1.54) is 0 Å². The molecule has 0 amide bonds. The van der Waals surface area contributed by atoms with E-state index in [0.717, 1.165) is 51.3 Å². The molecule has 0 fully saturated rings. The third-order valence-electron chi connectivity index (χ3n) is 4.07. The Morgan fingerprint density at radius 1 is 1.33 bits per heavy atom. The van der Waals surface area contributed by atoms with E-state index < -0.39 is 0 Å². The number of aromatic nitrogens is 2. The van der Waals surface area contributed by atoms with Crippen LogP contribution in [0, 0.1) is 20.8 Å². The van der Waals surface area contributed by atoms with Gasteiger partial charge in [-0.3, -0.25) is 16.0 Å². The van der Waals surface area contributed by atoms with Crippen LogP contribution in [0.4, 0.5) is 0 Å². The molecule has 0 spiro atoms. The summed E-state index contributed by atoms with van der Waals surface area (Å²) in [5.41, 5.74) is 7.42. The molecule has 0 aromatic carbocycles. The van der Waals surface area contributed by atoms with Crippen molar-refractivity contribution in [3.05, 3.63) is 38.5 Å². The standard InChI is InChI=1S/C15H23BrN4O/c1-6-11-15(16)13(20(5)19-11)7-12(18-17)14-8(2)9(3)21-10(14)4/h12,18H,6-7,17H2,1-5H3. The average Bonchev–Trinajstić information content (AvgIpc) is 2.86. The lowest BCUT2D eigenvalue weighted by molar-refractivity contribution is 0.480. The van der Waals surface area contributed by atoms with Crippen molar-refractivity contribution in [3.8, 4) is 0 Å². The lowest BCUT2D eigenvalue weighted by Gasteiger charge is -2.17. The van der Waals surface area contributed by atoms with Crippen molar-refractivity contribution < 1.29 is 4.42 Å². The van der Waals surface area contributed by atoms with Gasteiger partial charge in [-0.1, -0.05) is 6.92 Å². The number of nitrogens with two attached hydrogens (primary N) is 1. The van der Waals surface area contributed by atoms with Crippen LogP contribution in [-0.4, -0.2) is 9.78 Å². The van der Waals surface area contributed by atoms with Crippen LogP contribution in [0.3, 0.4) is 0 Å². The van der Waals surface area contributed by atoms with E-state index in [2.05, 4.69) is 40.3 Å². The molecule has 6 heteroatoms. The molecule has 3 N–H and O–H groups in total. The first kappa shape index (κ1) is 16.3. The third kappa shape index (κ3) is 2.93. The molecule has 2 rings (SSSR count). The van der Waals surface area contributed by atoms with Crippen molar-refractivity contribution in [1.29, 1.82) is 0 Å². The second kappa shape index (κ2) is 6.34. The van der Waals surface area contributed by atoms with E-state index in [1.807, 2.05) is 25.6 Å². The Hall–Kier alpha value is -1.11. The molecule has 0 aliphatic heterocycles. The first-order valence-corrected chi connectivity index (χ1v) is 7.92. The highest BCUT2D eigenvalue weighted by Crippen LogP contribution is 2.31. The summed E-state index contributed by atoms with van der Waals surface area (Å²) in [6.07, 6.45) is 1.65. The number of aryl methyl sites for hydroxylation is 4. The van der Waals surface area contributed by atoms with Gasteiger partial charge in [-0.15, -0.1) is 0 Å². The van der Waals surface area contributed by atoms with Gasteiger partial charge in [0.2, 0.25) is 0 Å². The van der Waals surface area contributed by atoms with Gasteiger partial charge in [-0.2, -0.15) is 5.10 Å². The molecule has 0 saturated heterocycles. The van der Waals surface area contributed by atoms with Crippen LogP contribution >= 0.6 is 15.9 Å². The summed E-state index contributed by atoms with van der Waals surface area (Å²) >= 11 is 3.66. The maximum atomic E-state index is 5.80. The normalized spacial score (nSPS) is 12.9. The zero-order chi connectivity index (χ0) is 15.7. The third-order valence-corrected chi connectivity index (χ3v) is 4.98. The van der Waals surface area contributed by atoms with Crippen molar-refractivity contribution in [2.45, 2.75) is 46.6 Å². The fourth-order valence-electron chi connectivity index (χ4n) is 2.80. The molecule has 1 atom stereocenters. The van der Waals surface area contributed by atoms with Gasteiger partial charge in [0, 0.05) is 19.0 Å². The number of rotatable bonds is 5. The Morgan fingerprint density at radius 2 is 2.00 bits per heavy atom. The van der Waals surface area contributed by atoms with E-state index in [9.17, 15) is 0 Å². The second-order valence-corrected chi connectivity index (χ2v) is 6.15. The minimum absolute atomic E-state index is 0.00106. The number of hydrogen-bond acceptors (Lipinski definition) is 4. The second-order valence-electron chi connectivity index (χ2n) is 5.36.